The highest BCUT2D eigenvalue weighted by Gasteiger charge is 2.12. The largest absolute Gasteiger partial charge is 0.325 e. The van der Waals surface area contributed by atoms with E-state index in [1.165, 1.54) is 0 Å². The van der Waals surface area contributed by atoms with Crippen LogP contribution in [0.2, 0.25) is 0 Å². The van der Waals surface area contributed by atoms with Gasteiger partial charge in [0, 0.05) is 12.0 Å². The summed E-state index contributed by atoms with van der Waals surface area (Å²) in [6, 6.07) is 5.74. The van der Waals surface area contributed by atoms with Gasteiger partial charge in [0.05, 0.1) is 5.69 Å². The topological polar surface area (TPSA) is 83.6 Å². The van der Waals surface area contributed by atoms with Crippen LogP contribution in [0.5, 0.6) is 0 Å². The summed E-state index contributed by atoms with van der Waals surface area (Å²) < 4.78 is 0. The molecular formula is C13H17N5O. The predicted molar refractivity (Wildman–Crippen MR) is 72.4 cm³/mol. The van der Waals surface area contributed by atoms with Gasteiger partial charge in [0.1, 0.15) is 0 Å². The van der Waals surface area contributed by atoms with Gasteiger partial charge in [-0.2, -0.15) is 5.21 Å². The lowest BCUT2D eigenvalue weighted by Crippen LogP contribution is -2.14. The number of aromatic nitrogens is 4. The van der Waals surface area contributed by atoms with Crippen molar-refractivity contribution in [3.63, 3.8) is 0 Å². The van der Waals surface area contributed by atoms with Gasteiger partial charge in [-0.1, -0.05) is 19.9 Å². The van der Waals surface area contributed by atoms with Crippen molar-refractivity contribution in [3.05, 3.63) is 23.8 Å². The summed E-state index contributed by atoms with van der Waals surface area (Å²) in [6.07, 6.45) is 0.486. The Labute approximate surface area is 111 Å². The van der Waals surface area contributed by atoms with Crippen LogP contribution in [0.1, 0.15) is 25.8 Å². The summed E-state index contributed by atoms with van der Waals surface area (Å²) >= 11 is 0. The van der Waals surface area contributed by atoms with E-state index < -0.39 is 0 Å². The second kappa shape index (κ2) is 5.60. The van der Waals surface area contributed by atoms with Gasteiger partial charge in [-0.05, 0) is 35.8 Å². The molecular weight excluding hydrogens is 242 g/mol. The molecule has 0 spiro atoms. The van der Waals surface area contributed by atoms with E-state index in [1.54, 1.807) is 0 Å². The molecule has 2 aromatic rings. The van der Waals surface area contributed by atoms with Crippen LogP contribution >= 0.6 is 0 Å². The van der Waals surface area contributed by atoms with Crippen molar-refractivity contribution in [2.24, 2.45) is 5.92 Å². The molecule has 0 unspecified atom stereocenters. The highest BCUT2D eigenvalue weighted by molar-refractivity contribution is 5.94. The third-order valence-electron chi connectivity index (χ3n) is 2.63. The van der Waals surface area contributed by atoms with Gasteiger partial charge < -0.3 is 5.32 Å². The van der Waals surface area contributed by atoms with Gasteiger partial charge in [0.25, 0.3) is 0 Å². The monoisotopic (exact) mass is 259 g/mol. The predicted octanol–water partition coefficient (Wildman–Crippen LogP) is 2.16. The number of rotatable bonds is 4. The van der Waals surface area contributed by atoms with E-state index >= 15 is 0 Å². The molecule has 0 saturated heterocycles. The molecule has 100 valence electrons. The third kappa shape index (κ3) is 3.37. The second-order valence-corrected chi connectivity index (χ2v) is 4.93. The average Bonchev–Trinajstić information content (AvgIpc) is 2.81. The Balaban J connectivity index is 2.28. The molecule has 0 atom stereocenters. The molecule has 2 rings (SSSR count). The van der Waals surface area contributed by atoms with Crippen LogP contribution < -0.4 is 5.32 Å². The zero-order valence-electron chi connectivity index (χ0n) is 11.3. The number of aromatic amines is 1. The third-order valence-corrected chi connectivity index (χ3v) is 2.63. The molecule has 19 heavy (non-hydrogen) atoms. The molecule has 1 aromatic carbocycles. The quantitative estimate of drug-likeness (QED) is 0.881. The Morgan fingerprint density at radius 2 is 2.21 bits per heavy atom. The smallest absolute Gasteiger partial charge is 0.224 e. The van der Waals surface area contributed by atoms with Crippen LogP contribution in [0.15, 0.2) is 18.2 Å². The molecule has 0 radical (unpaired) electrons. The van der Waals surface area contributed by atoms with Crippen molar-refractivity contribution in [2.45, 2.75) is 27.2 Å². The molecule has 0 saturated carbocycles. The van der Waals surface area contributed by atoms with Crippen molar-refractivity contribution in [3.8, 4) is 11.4 Å². The zero-order chi connectivity index (χ0) is 13.8. The first-order valence-corrected chi connectivity index (χ1v) is 6.20. The Bertz CT molecular complexity index is 562. The molecule has 0 fully saturated rings. The maximum absolute atomic E-state index is 11.9. The van der Waals surface area contributed by atoms with E-state index in [-0.39, 0.29) is 5.91 Å². The summed E-state index contributed by atoms with van der Waals surface area (Å²) in [6.45, 7) is 5.99. The van der Waals surface area contributed by atoms with Gasteiger partial charge in [0.2, 0.25) is 11.7 Å². The van der Waals surface area contributed by atoms with Crippen LogP contribution in [0.25, 0.3) is 11.4 Å². The summed E-state index contributed by atoms with van der Waals surface area (Å²) in [4.78, 5) is 11.9. The van der Waals surface area contributed by atoms with Crippen molar-refractivity contribution in [2.75, 3.05) is 5.32 Å². The van der Waals surface area contributed by atoms with E-state index in [0.29, 0.717) is 23.9 Å². The summed E-state index contributed by atoms with van der Waals surface area (Å²) in [7, 11) is 0. The number of tetrazole rings is 1. The summed E-state index contributed by atoms with van der Waals surface area (Å²) in [5.41, 5.74) is 2.54. The number of hydrogen-bond acceptors (Lipinski definition) is 4. The molecule has 6 nitrogen and oxygen atoms in total. The molecule has 1 amide bonds. The van der Waals surface area contributed by atoms with Crippen LogP contribution in [0.4, 0.5) is 5.69 Å². The maximum atomic E-state index is 11.9. The molecule has 1 aromatic heterocycles. The standard InChI is InChI=1S/C13H17N5O/c1-8(2)6-12(19)14-11-7-9(3)4-5-10(11)13-15-17-18-16-13/h4-5,7-8H,6H2,1-3H3,(H,14,19)(H,15,16,17,18). The lowest BCUT2D eigenvalue weighted by Gasteiger charge is -2.11. The number of benzene rings is 1. The molecule has 0 bridgehead atoms. The minimum atomic E-state index is -0.00894. The first kappa shape index (κ1) is 13.2. The Morgan fingerprint density at radius 1 is 1.42 bits per heavy atom. The van der Waals surface area contributed by atoms with Crippen LogP contribution in [-0.4, -0.2) is 26.5 Å². The molecule has 0 aliphatic carbocycles. The fourth-order valence-corrected chi connectivity index (χ4v) is 1.80. The summed E-state index contributed by atoms with van der Waals surface area (Å²) in [5.74, 6) is 0.781. The number of amides is 1. The summed E-state index contributed by atoms with van der Waals surface area (Å²) in [5, 5.41) is 16.8. The minimum Gasteiger partial charge on any atom is -0.325 e. The van der Waals surface area contributed by atoms with Gasteiger partial charge in [-0.25, -0.2) is 0 Å². The van der Waals surface area contributed by atoms with E-state index in [1.807, 2.05) is 39.0 Å². The number of carbonyl (C=O) groups excluding carboxylic acids is 1. The number of anilines is 1. The number of nitrogens with zero attached hydrogens (tertiary/aromatic N) is 3. The lowest BCUT2D eigenvalue weighted by molar-refractivity contribution is -0.116. The van der Waals surface area contributed by atoms with Crippen molar-refractivity contribution >= 4 is 11.6 Å². The fraction of sp³-hybridized carbons (Fsp3) is 0.385. The highest BCUT2D eigenvalue weighted by Crippen LogP contribution is 2.26. The molecule has 2 N–H and O–H groups in total. The minimum absolute atomic E-state index is 0.00894. The van der Waals surface area contributed by atoms with Crippen molar-refractivity contribution < 1.29 is 4.79 Å². The van der Waals surface area contributed by atoms with E-state index in [0.717, 1.165) is 11.1 Å². The molecule has 1 heterocycles. The first-order valence-electron chi connectivity index (χ1n) is 6.20. The molecule has 6 heteroatoms. The van der Waals surface area contributed by atoms with E-state index in [9.17, 15) is 4.79 Å². The maximum Gasteiger partial charge on any atom is 0.224 e. The van der Waals surface area contributed by atoms with Gasteiger partial charge in [-0.3, -0.25) is 4.79 Å². The van der Waals surface area contributed by atoms with E-state index in [2.05, 4.69) is 25.9 Å². The second-order valence-electron chi connectivity index (χ2n) is 4.93. The highest BCUT2D eigenvalue weighted by atomic mass is 16.1. The Hall–Kier alpha value is -2.24. The SMILES string of the molecule is Cc1ccc(-c2nn[nH]n2)c(NC(=O)CC(C)C)c1. The van der Waals surface area contributed by atoms with E-state index in [4.69, 9.17) is 0 Å². The zero-order valence-corrected chi connectivity index (χ0v) is 11.3. The number of aryl methyl sites for hydroxylation is 1. The van der Waals surface area contributed by atoms with Crippen LogP contribution in [-0.2, 0) is 4.79 Å². The molecule has 0 aliphatic heterocycles. The first-order chi connectivity index (χ1) is 9.06. The number of nitrogens with one attached hydrogen (secondary N) is 2. The number of carbonyl (C=O) groups is 1. The Morgan fingerprint density at radius 3 is 2.84 bits per heavy atom. The normalized spacial score (nSPS) is 10.7. The lowest BCUT2D eigenvalue weighted by atomic mass is 10.1. The number of hydrogen-bond donors (Lipinski definition) is 2. The Kier molecular flexibility index (Phi) is 3.89. The van der Waals surface area contributed by atoms with Crippen LogP contribution in [0, 0.1) is 12.8 Å². The van der Waals surface area contributed by atoms with Gasteiger partial charge >= 0.3 is 0 Å². The van der Waals surface area contributed by atoms with Crippen molar-refractivity contribution in [1.82, 2.24) is 20.6 Å². The fourth-order valence-electron chi connectivity index (χ4n) is 1.80. The van der Waals surface area contributed by atoms with Crippen molar-refractivity contribution in [1.29, 1.82) is 0 Å². The molecule has 0 aliphatic rings. The van der Waals surface area contributed by atoms with Crippen LogP contribution in [0.3, 0.4) is 0 Å². The van der Waals surface area contributed by atoms with Gasteiger partial charge in [0.15, 0.2) is 0 Å². The van der Waals surface area contributed by atoms with Gasteiger partial charge in [-0.15, -0.1) is 10.2 Å². The number of H-pyrrole nitrogens is 1. The average molecular weight is 259 g/mol.